The second kappa shape index (κ2) is 6.93. The van der Waals surface area contributed by atoms with Crippen molar-refractivity contribution < 1.29 is 19.0 Å². The zero-order chi connectivity index (χ0) is 12.7. The molecule has 0 aromatic heterocycles. The molecule has 0 radical (unpaired) electrons. The Balaban J connectivity index is 2.00. The first kappa shape index (κ1) is 14.4. The summed E-state index contributed by atoms with van der Waals surface area (Å²) in [5, 5.41) is 0. The standard InChI is InChI=1S/C12H23NO4/c1-12(13,10-4-5-10)11(14)17-7-3-6-16-9-8-15-2/h10H,3-9,13H2,1-2H3. The average molecular weight is 245 g/mol. The summed E-state index contributed by atoms with van der Waals surface area (Å²) in [6.07, 6.45) is 2.75. The van der Waals surface area contributed by atoms with Crippen molar-refractivity contribution in [3.05, 3.63) is 0 Å². The van der Waals surface area contributed by atoms with E-state index in [0.29, 0.717) is 38.8 Å². The highest BCUT2D eigenvalue weighted by Gasteiger charge is 2.45. The lowest BCUT2D eigenvalue weighted by Crippen LogP contribution is -2.48. The number of rotatable bonds is 9. The fraction of sp³-hybridized carbons (Fsp3) is 0.917. The van der Waals surface area contributed by atoms with E-state index >= 15 is 0 Å². The number of carbonyl (C=O) groups excluding carboxylic acids is 1. The van der Waals surface area contributed by atoms with Crippen LogP contribution in [0.2, 0.25) is 0 Å². The third kappa shape index (κ3) is 5.02. The van der Waals surface area contributed by atoms with Gasteiger partial charge in [0.2, 0.25) is 0 Å². The highest BCUT2D eigenvalue weighted by Crippen LogP contribution is 2.38. The van der Waals surface area contributed by atoms with Gasteiger partial charge in [-0.1, -0.05) is 0 Å². The summed E-state index contributed by atoms with van der Waals surface area (Å²) >= 11 is 0. The van der Waals surface area contributed by atoms with Crippen LogP contribution in [0.5, 0.6) is 0 Å². The Labute approximate surface area is 103 Å². The first-order valence-corrected chi connectivity index (χ1v) is 6.12. The van der Waals surface area contributed by atoms with Gasteiger partial charge in [0.05, 0.1) is 19.8 Å². The molecule has 0 spiro atoms. The van der Waals surface area contributed by atoms with Gasteiger partial charge in [-0.2, -0.15) is 0 Å². The van der Waals surface area contributed by atoms with E-state index in [1.165, 1.54) is 0 Å². The SMILES string of the molecule is COCCOCCCOC(=O)C(C)(N)C1CC1. The van der Waals surface area contributed by atoms with Crippen molar-refractivity contribution >= 4 is 5.97 Å². The van der Waals surface area contributed by atoms with E-state index in [4.69, 9.17) is 19.9 Å². The summed E-state index contributed by atoms with van der Waals surface area (Å²) in [4.78, 5) is 11.7. The number of hydrogen-bond donors (Lipinski definition) is 1. The molecule has 1 fully saturated rings. The molecule has 1 unspecified atom stereocenters. The monoisotopic (exact) mass is 245 g/mol. The highest BCUT2D eigenvalue weighted by molar-refractivity contribution is 5.80. The van der Waals surface area contributed by atoms with Gasteiger partial charge in [0.15, 0.2) is 0 Å². The Morgan fingerprint density at radius 1 is 1.29 bits per heavy atom. The zero-order valence-electron chi connectivity index (χ0n) is 10.7. The Morgan fingerprint density at radius 2 is 2.00 bits per heavy atom. The number of methoxy groups -OCH3 is 1. The van der Waals surface area contributed by atoms with Crippen LogP contribution in [0.3, 0.4) is 0 Å². The maximum absolute atomic E-state index is 11.7. The minimum atomic E-state index is -0.809. The smallest absolute Gasteiger partial charge is 0.326 e. The van der Waals surface area contributed by atoms with Gasteiger partial charge in [0.1, 0.15) is 5.54 Å². The average Bonchev–Trinajstić information content (AvgIpc) is 3.11. The van der Waals surface area contributed by atoms with E-state index in [9.17, 15) is 4.79 Å². The van der Waals surface area contributed by atoms with Gasteiger partial charge in [-0.05, 0) is 25.7 Å². The van der Waals surface area contributed by atoms with Crippen LogP contribution < -0.4 is 5.73 Å². The van der Waals surface area contributed by atoms with Crippen LogP contribution >= 0.6 is 0 Å². The van der Waals surface area contributed by atoms with Crippen molar-refractivity contribution in [1.82, 2.24) is 0 Å². The summed E-state index contributed by atoms with van der Waals surface area (Å²) in [7, 11) is 1.63. The molecule has 100 valence electrons. The molecule has 0 aliphatic heterocycles. The summed E-state index contributed by atoms with van der Waals surface area (Å²) in [5.74, 6) is 0.00449. The van der Waals surface area contributed by atoms with Crippen molar-refractivity contribution in [1.29, 1.82) is 0 Å². The quantitative estimate of drug-likeness (QED) is 0.478. The number of nitrogens with two attached hydrogens (primary N) is 1. The van der Waals surface area contributed by atoms with E-state index in [2.05, 4.69) is 0 Å². The molecule has 0 bridgehead atoms. The molecule has 0 aromatic rings. The molecule has 1 aliphatic rings. The molecule has 2 N–H and O–H groups in total. The number of carbonyl (C=O) groups is 1. The Morgan fingerprint density at radius 3 is 2.59 bits per heavy atom. The van der Waals surface area contributed by atoms with E-state index in [-0.39, 0.29) is 5.97 Å². The highest BCUT2D eigenvalue weighted by atomic mass is 16.5. The Kier molecular flexibility index (Phi) is 5.88. The van der Waals surface area contributed by atoms with Crippen LogP contribution in [-0.2, 0) is 19.0 Å². The maximum Gasteiger partial charge on any atom is 0.326 e. The van der Waals surface area contributed by atoms with Crippen LogP contribution in [0.15, 0.2) is 0 Å². The number of ether oxygens (including phenoxy) is 3. The number of esters is 1. The van der Waals surface area contributed by atoms with Crippen molar-refractivity contribution in [2.75, 3.05) is 33.5 Å². The third-order valence-electron chi connectivity index (χ3n) is 2.96. The zero-order valence-corrected chi connectivity index (χ0v) is 10.7. The second-order valence-corrected chi connectivity index (χ2v) is 4.65. The van der Waals surface area contributed by atoms with Crippen LogP contribution in [0, 0.1) is 5.92 Å². The Hall–Kier alpha value is -0.650. The molecule has 1 aliphatic carbocycles. The number of hydrogen-bond acceptors (Lipinski definition) is 5. The maximum atomic E-state index is 11.7. The molecule has 5 heteroatoms. The van der Waals surface area contributed by atoms with Crippen LogP contribution in [0.1, 0.15) is 26.2 Å². The lowest BCUT2D eigenvalue weighted by molar-refractivity contribution is -0.150. The van der Waals surface area contributed by atoms with Crippen LogP contribution in [0.4, 0.5) is 0 Å². The van der Waals surface area contributed by atoms with Gasteiger partial charge in [-0.25, -0.2) is 0 Å². The molecule has 1 saturated carbocycles. The molecule has 0 saturated heterocycles. The minimum absolute atomic E-state index is 0.295. The van der Waals surface area contributed by atoms with E-state index in [1.807, 2.05) is 0 Å². The largest absolute Gasteiger partial charge is 0.464 e. The summed E-state index contributed by atoms with van der Waals surface area (Å²) in [5.41, 5.74) is 5.12. The second-order valence-electron chi connectivity index (χ2n) is 4.65. The molecule has 1 rings (SSSR count). The topological polar surface area (TPSA) is 70.8 Å². The van der Waals surface area contributed by atoms with Crippen LogP contribution in [0.25, 0.3) is 0 Å². The molecular weight excluding hydrogens is 222 g/mol. The predicted molar refractivity (Wildman–Crippen MR) is 63.6 cm³/mol. The fourth-order valence-electron chi connectivity index (χ4n) is 1.58. The van der Waals surface area contributed by atoms with Gasteiger partial charge < -0.3 is 19.9 Å². The van der Waals surface area contributed by atoms with E-state index in [1.54, 1.807) is 14.0 Å². The van der Waals surface area contributed by atoms with Crippen LogP contribution in [-0.4, -0.2) is 45.0 Å². The Bertz CT molecular complexity index is 239. The van der Waals surface area contributed by atoms with Crippen molar-refractivity contribution in [2.24, 2.45) is 11.7 Å². The summed E-state index contributed by atoms with van der Waals surface area (Å²) < 4.78 is 15.2. The van der Waals surface area contributed by atoms with Crippen molar-refractivity contribution in [3.8, 4) is 0 Å². The van der Waals surface area contributed by atoms with Crippen molar-refractivity contribution in [2.45, 2.75) is 31.7 Å². The van der Waals surface area contributed by atoms with E-state index in [0.717, 1.165) is 12.8 Å². The molecule has 0 heterocycles. The van der Waals surface area contributed by atoms with Gasteiger partial charge >= 0.3 is 5.97 Å². The molecule has 0 amide bonds. The first-order valence-electron chi connectivity index (χ1n) is 6.12. The van der Waals surface area contributed by atoms with Gasteiger partial charge in [-0.15, -0.1) is 0 Å². The first-order chi connectivity index (χ1) is 8.09. The molecule has 5 nitrogen and oxygen atoms in total. The van der Waals surface area contributed by atoms with Crippen molar-refractivity contribution in [3.63, 3.8) is 0 Å². The summed E-state index contributed by atoms with van der Waals surface area (Å²) in [6.45, 7) is 3.85. The van der Waals surface area contributed by atoms with Gasteiger partial charge in [-0.3, -0.25) is 4.79 Å². The molecular formula is C12H23NO4. The lowest BCUT2D eigenvalue weighted by Gasteiger charge is -2.21. The molecule has 1 atom stereocenters. The summed E-state index contributed by atoms with van der Waals surface area (Å²) in [6, 6.07) is 0. The fourth-order valence-corrected chi connectivity index (χ4v) is 1.58. The normalized spacial score (nSPS) is 18.8. The molecule has 0 aromatic carbocycles. The van der Waals surface area contributed by atoms with Gasteiger partial charge in [0.25, 0.3) is 0 Å². The van der Waals surface area contributed by atoms with E-state index < -0.39 is 5.54 Å². The third-order valence-corrected chi connectivity index (χ3v) is 2.96. The molecule has 17 heavy (non-hydrogen) atoms. The minimum Gasteiger partial charge on any atom is -0.464 e. The lowest BCUT2D eigenvalue weighted by atomic mass is 9.98. The predicted octanol–water partition coefficient (Wildman–Crippen LogP) is 0.710. The van der Waals surface area contributed by atoms with Gasteiger partial charge in [0, 0.05) is 20.1 Å².